The first-order chi connectivity index (χ1) is 10.9. The van der Waals surface area contributed by atoms with Crippen LogP contribution in [-0.4, -0.2) is 40.7 Å². The Morgan fingerprint density at radius 2 is 1.78 bits per heavy atom. The third-order valence-electron chi connectivity index (χ3n) is 2.66. The van der Waals surface area contributed by atoms with Gasteiger partial charge in [0.25, 0.3) is 0 Å². The van der Waals surface area contributed by atoms with E-state index in [0.717, 1.165) is 0 Å². The maximum absolute atomic E-state index is 11.6. The molecule has 0 spiro atoms. The van der Waals surface area contributed by atoms with E-state index < -0.39 is 30.0 Å². The second-order valence-corrected chi connectivity index (χ2v) is 5.52. The maximum atomic E-state index is 11.6. The van der Waals surface area contributed by atoms with Crippen molar-refractivity contribution in [2.75, 3.05) is 12.5 Å². The Morgan fingerprint density at radius 3 is 2.35 bits per heavy atom. The van der Waals surface area contributed by atoms with Gasteiger partial charge in [0.2, 0.25) is 6.79 Å². The van der Waals surface area contributed by atoms with Crippen LogP contribution in [0.4, 0.5) is 4.79 Å². The molecule has 1 aromatic carbocycles. The Labute approximate surface area is 137 Å². The number of hydrogen-bond donors (Lipinski definition) is 1. The highest BCUT2D eigenvalue weighted by molar-refractivity contribution is 8.13. The molecule has 0 aromatic heterocycles. The van der Waals surface area contributed by atoms with Crippen molar-refractivity contribution in [2.45, 2.75) is 13.3 Å². The summed E-state index contributed by atoms with van der Waals surface area (Å²) in [6.07, 6.45) is -0.154. The molecule has 1 rings (SSSR count). The van der Waals surface area contributed by atoms with E-state index in [-0.39, 0.29) is 18.0 Å². The second kappa shape index (κ2) is 9.62. The summed E-state index contributed by atoms with van der Waals surface area (Å²) in [7, 11) is 0. The van der Waals surface area contributed by atoms with Gasteiger partial charge in [-0.1, -0.05) is 18.2 Å². The molecule has 1 atom stereocenters. The number of carboxylic acids is 1. The van der Waals surface area contributed by atoms with Gasteiger partial charge in [0, 0.05) is 12.2 Å². The van der Waals surface area contributed by atoms with E-state index in [1.807, 2.05) is 0 Å². The Morgan fingerprint density at radius 1 is 1.13 bits per heavy atom. The van der Waals surface area contributed by atoms with Gasteiger partial charge < -0.3 is 19.4 Å². The van der Waals surface area contributed by atoms with Gasteiger partial charge >= 0.3 is 17.2 Å². The number of hydrogen-bond acceptors (Lipinski definition) is 7. The Bertz CT molecular complexity index is 570. The fourth-order valence-electron chi connectivity index (χ4n) is 1.56. The van der Waals surface area contributed by atoms with E-state index in [9.17, 15) is 19.2 Å². The first-order valence-electron chi connectivity index (χ1n) is 6.64. The lowest BCUT2D eigenvalue weighted by Crippen LogP contribution is -2.20. The molecular formula is C15H16O7S. The number of esters is 1. The lowest BCUT2D eigenvalue weighted by Gasteiger charge is -2.09. The Hall–Kier alpha value is -2.35. The zero-order valence-electron chi connectivity index (χ0n) is 12.4. The summed E-state index contributed by atoms with van der Waals surface area (Å²) in [5.74, 6) is -3.13. The zero-order valence-corrected chi connectivity index (χ0v) is 13.2. The van der Waals surface area contributed by atoms with Crippen LogP contribution in [0.25, 0.3) is 0 Å². The number of carbonyl (C=O) groups excluding carboxylic acids is 3. The normalized spacial score (nSPS) is 11.3. The number of thioether (sulfide) groups is 1. The first-order valence-corrected chi connectivity index (χ1v) is 7.62. The van der Waals surface area contributed by atoms with Crippen molar-refractivity contribution in [1.82, 2.24) is 0 Å². The van der Waals surface area contributed by atoms with Crippen molar-refractivity contribution in [2.24, 2.45) is 5.92 Å². The highest BCUT2D eigenvalue weighted by Crippen LogP contribution is 2.15. The monoisotopic (exact) mass is 340 g/mol. The molecule has 0 aliphatic carbocycles. The smallest absolute Gasteiger partial charge is 0.370 e. The molecule has 0 fully saturated rings. The number of ketones is 1. The summed E-state index contributed by atoms with van der Waals surface area (Å²) in [4.78, 5) is 44.9. The van der Waals surface area contributed by atoms with Crippen molar-refractivity contribution < 1.29 is 33.8 Å². The molecule has 0 saturated heterocycles. The van der Waals surface area contributed by atoms with Crippen LogP contribution in [0.3, 0.4) is 0 Å². The summed E-state index contributed by atoms with van der Waals surface area (Å²) < 4.78 is 9.42. The number of Topliss-reactive ketones (excluding diaryl/α,β-unsaturated/α-hetero) is 1. The van der Waals surface area contributed by atoms with E-state index in [1.165, 1.54) is 6.92 Å². The lowest BCUT2D eigenvalue weighted by atomic mass is 10.1. The van der Waals surface area contributed by atoms with Crippen LogP contribution in [0.2, 0.25) is 0 Å². The third-order valence-corrected chi connectivity index (χ3v) is 3.58. The summed E-state index contributed by atoms with van der Waals surface area (Å²) in [6.45, 7) is 0.714. The average Bonchev–Trinajstić information content (AvgIpc) is 2.51. The van der Waals surface area contributed by atoms with Gasteiger partial charge in [-0.3, -0.25) is 4.79 Å². The number of ether oxygens (including phenoxy) is 2. The summed E-state index contributed by atoms with van der Waals surface area (Å²) in [5, 5.41) is 8.15. The van der Waals surface area contributed by atoms with Crippen molar-refractivity contribution in [3.05, 3.63) is 35.9 Å². The summed E-state index contributed by atoms with van der Waals surface area (Å²) in [5.41, 5.74) is 0.323. The molecular weight excluding hydrogens is 324 g/mol. The molecule has 0 heterocycles. The molecule has 124 valence electrons. The highest BCUT2D eigenvalue weighted by atomic mass is 32.2. The van der Waals surface area contributed by atoms with Gasteiger partial charge in [-0.25, -0.2) is 9.59 Å². The molecule has 0 amide bonds. The molecule has 0 aliphatic rings. The number of rotatable bonds is 8. The number of carboxylic acid groups (broad SMARTS) is 1. The maximum Gasteiger partial charge on any atom is 0.370 e. The van der Waals surface area contributed by atoms with Gasteiger partial charge in [-0.2, -0.15) is 0 Å². The number of benzene rings is 1. The quantitative estimate of drug-likeness (QED) is 0.567. The SMILES string of the molecule is CC(=O)C[C@@H](CSC(=O)OCOC(=O)c1ccccc1)C(=O)O. The molecule has 8 heteroatoms. The molecule has 0 unspecified atom stereocenters. The minimum Gasteiger partial charge on any atom is -0.481 e. The molecule has 0 aliphatic heterocycles. The standard InChI is InChI=1S/C15H16O7S/c1-10(16)7-12(13(17)18)8-23-15(20)22-9-21-14(19)11-5-3-2-4-6-11/h2-6,12H,7-9H2,1H3,(H,17,18)/t12-/m0/s1. The van der Waals surface area contributed by atoms with Crippen molar-refractivity contribution in [1.29, 1.82) is 0 Å². The molecule has 7 nitrogen and oxygen atoms in total. The van der Waals surface area contributed by atoms with Crippen LogP contribution < -0.4 is 0 Å². The van der Waals surface area contributed by atoms with Crippen LogP contribution >= 0.6 is 11.8 Å². The molecule has 0 bridgehead atoms. The number of carbonyl (C=O) groups is 4. The summed E-state index contributed by atoms with van der Waals surface area (Å²) >= 11 is 0.617. The van der Waals surface area contributed by atoms with Crippen LogP contribution in [0.15, 0.2) is 30.3 Å². The second-order valence-electron chi connectivity index (χ2n) is 4.56. The predicted octanol–water partition coefficient (Wildman–Crippen LogP) is 2.35. The lowest BCUT2D eigenvalue weighted by molar-refractivity contribution is -0.142. The molecule has 23 heavy (non-hydrogen) atoms. The average molecular weight is 340 g/mol. The van der Waals surface area contributed by atoms with E-state index in [2.05, 4.69) is 4.74 Å². The van der Waals surface area contributed by atoms with Gasteiger partial charge in [-0.05, 0) is 30.8 Å². The molecule has 1 N–H and O–H groups in total. The Kier molecular flexibility index (Phi) is 7.82. The fourth-order valence-corrected chi connectivity index (χ4v) is 2.29. The Balaban J connectivity index is 2.30. The minimum absolute atomic E-state index is 0.0968. The van der Waals surface area contributed by atoms with Crippen LogP contribution in [0.1, 0.15) is 23.7 Å². The molecule has 0 saturated carbocycles. The van der Waals surface area contributed by atoms with Crippen LogP contribution in [0, 0.1) is 5.92 Å². The van der Waals surface area contributed by atoms with Crippen LogP contribution in [0.5, 0.6) is 0 Å². The van der Waals surface area contributed by atoms with Crippen molar-refractivity contribution in [3.63, 3.8) is 0 Å². The fraction of sp³-hybridized carbons (Fsp3) is 0.333. The highest BCUT2D eigenvalue weighted by Gasteiger charge is 2.21. The van der Waals surface area contributed by atoms with E-state index in [0.29, 0.717) is 17.3 Å². The van der Waals surface area contributed by atoms with Crippen molar-refractivity contribution >= 4 is 34.8 Å². The first kappa shape index (κ1) is 18.7. The van der Waals surface area contributed by atoms with Gasteiger partial charge in [0.15, 0.2) is 0 Å². The third kappa shape index (κ3) is 7.46. The predicted molar refractivity (Wildman–Crippen MR) is 82.1 cm³/mol. The summed E-state index contributed by atoms with van der Waals surface area (Å²) in [6, 6.07) is 8.18. The van der Waals surface area contributed by atoms with Crippen molar-refractivity contribution in [3.8, 4) is 0 Å². The topological polar surface area (TPSA) is 107 Å². The van der Waals surface area contributed by atoms with Crippen LogP contribution in [-0.2, 0) is 19.1 Å². The van der Waals surface area contributed by atoms with E-state index >= 15 is 0 Å². The largest absolute Gasteiger partial charge is 0.481 e. The van der Waals surface area contributed by atoms with Gasteiger partial charge in [-0.15, -0.1) is 0 Å². The van der Waals surface area contributed by atoms with Gasteiger partial charge in [0.1, 0.15) is 5.78 Å². The molecule has 1 aromatic rings. The zero-order chi connectivity index (χ0) is 17.2. The van der Waals surface area contributed by atoms with E-state index in [4.69, 9.17) is 9.84 Å². The van der Waals surface area contributed by atoms with E-state index in [1.54, 1.807) is 30.3 Å². The number of aliphatic carboxylic acids is 1. The minimum atomic E-state index is -1.16. The molecule has 0 radical (unpaired) electrons. The van der Waals surface area contributed by atoms with Gasteiger partial charge in [0.05, 0.1) is 11.5 Å².